The van der Waals surface area contributed by atoms with E-state index in [2.05, 4.69) is 16.8 Å². The largest absolute Gasteiger partial charge is 0.382 e. The summed E-state index contributed by atoms with van der Waals surface area (Å²) in [5, 5.41) is 10.3. The lowest BCUT2D eigenvalue weighted by atomic mass is 10.2. The quantitative estimate of drug-likeness (QED) is 0.609. The molecule has 1 fully saturated rings. The van der Waals surface area contributed by atoms with E-state index in [4.69, 9.17) is 14.7 Å². The van der Waals surface area contributed by atoms with Crippen LogP contribution in [0.15, 0.2) is 18.2 Å². The van der Waals surface area contributed by atoms with Crippen LogP contribution in [0.3, 0.4) is 0 Å². The number of quaternary nitrogens is 1. The first-order valence-electron chi connectivity index (χ1n) is 7.55. The maximum absolute atomic E-state index is 12.3. The molecule has 0 bridgehead atoms. The number of hydrogen-bond donors (Lipinski definition) is 1. The van der Waals surface area contributed by atoms with Gasteiger partial charge in [-0.25, -0.2) is 0 Å². The van der Waals surface area contributed by atoms with Crippen molar-refractivity contribution in [1.29, 1.82) is 5.26 Å². The fourth-order valence-electron chi connectivity index (χ4n) is 2.47. The predicted octanol–water partition coefficient (Wildman–Crippen LogP) is 0.0653. The second-order valence-electron chi connectivity index (χ2n) is 5.49. The number of benzene rings is 1. The van der Waals surface area contributed by atoms with E-state index < -0.39 is 6.10 Å². The number of amides is 1. The van der Waals surface area contributed by atoms with Gasteiger partial charge in [-0.15, -0.1) is 18.2 Å². The summed E-state index contributed by atoms with van der Waals surface area (Å²) in [5.74, 6) is -0.148. The second-order valence-corrected chi connectivity index (χ2v) is 6.55. The highest BCUT2D eigenvalue weighted by molar-refractivity contribution is 7.18. The monoisotopic (exact) mass is 346 g/mol. The first-order valence-corrected chi connectivity index (χ1v) is 8.37. The average molecular weight is 346 g/mol. The zero-order valence-electron chi connectivity index (χ0n) is 13.3. The minimum atomic E-state index is -0.599. The van der Waals surface area contributed by atoms with Gasteiger partial charge in [0.2, 0.25) is 0 Å². The van der Waals surface area contributed by atoms with E-state index in [9.17, 15) is 4.79 Å². The summed E-state index contributed by atoms with van der Waals surface area (Å²) in [4.78, 5) is 16.9. The number of thiazole rings is 1. The topological polar surface area (TPSA) is 103 Å². The Hall–Kier alpha value is -2.18. The first-order chi connectivity index (χ1) is 11.6. The van der Waals surface area contributed by atoms with Gasteiger partial charge < -0.3 is 20.2 Å². The predicted molar refractivity (Wildman–Crippen MR) is 87.0 cm³/mol. The van der Waals surface area contributed by atoms with E-state index in [-0.39, 0.29) is 18.6 Å². The highest BCUT2D eigenvalue weighted by Crippen LogP contribution is 2.25. The Bertz CT molecular complexity index is 864. The summed E-state index contributed by atoms with van der Waals surface area (Å²) in [6.07, 6.45) is 0.553. The molecular formula is C16H18N4O3S. The van der Waals surface area contributed by atoms with Gasteiger partial charge in [-0.1, -0.05) is 0 Å². The van der Waals surface area contributed by atoms with Crippen LogP contribution in [0.2, 0.25) is 0 Å². The molecule has 1 aliphatic heterocycles. The molecule has 1 amide bonds. The molecule has 0 radical (unpaired) electrons. The maximum atomic E-state index is 12.3. The average Bonchev–Trinajstić information content (AvgIpc) is 3.16. The summed E-state index contributed by atoms with van der Waals surface area (Å²) >= 11 is 1.54. The van der Waals surface area contributed by atoms with E-state index in [0.29, 0.717) is 12.8 Å². The van der Waals surface area contributed by atoms with Gasteiger partial charge in [0.05, 0.1) is 17.7 Å². The van der Waals surface area contributed by atoms with E-state index >= 15 is 0 Å². The Labute approximate surface area is 142 Å². The summed E-state index contributed by atoms with van der Waals surface area (Å²) in [7, 11) is 1.53. The van der Waals surface area contributed by atoms with Crippen molar-refractivity contribution < 1.29 is 20.0 Å². The highest BCUT2D eigenvalue weighted by Gasteiger charge is 2.30. The van der Waals surface area contributed by atoms with Crippen molar-refractivity contribution in [2.24, 2.45) is 0 Å². The van der Waals surface area contributed by atoms with Crippen molar-refractivity contribution in [2.45, 2.75) is 25.0 Å². The van der Waals surface area contributed by atoms with Crippen molar-refractivity contribution in [1.82, 2.24) is 9.56 Å². The Morgan fingerprint density at radius 1 is 1.71 bits per heavy atom. The Morgan fingerprint density at radius 2 is 2.54 bits per heavy atom. The van der Waals surface area contributed by atoms with Crippen molar-refractivity contribution >= 4 is 27.5 Å². The molecule has 1 aromatic carbocycles. The molecule has 126 valence electrons. The molecule has 7 nitrogen and oxygen atoms in total. The number of ether oxygens (including phenoxy) is 2. The smallest absolute Gasteiger partial charge is 0.314 e. The van der Waals surface area contributed by atoms with Crippen molar-refractivity contribution in [3.05, 3.63) is 35.3 Å². The molecule has 8 heteroatoms. The molecule has 1 aliphatic rings. The lowest BCUT2D eigenvalue weighted by Crippen LogP contribution is -2.53. The summed E-state index contributed by atoms with van der Waals surface area (Å²) in [6, 6.07) is 7.77. The molecule has 3 N–H and O–H groups in total. The highest BCUT2D eigenvalue weighted by atomic mass is 32.1. The van der Waals surface area contributed by atoms with E-state index in [0.717, 1.165) is 20.6 Å². The molecule has 2 aromatic rings. The number of carbonyl (C=O) groups excluding carboxylic acids is 1. The van der Waals surface area contributed by atoms with Gasteiger partial charge in [0, 0.05) is 25.3 Å². The molecule has 2 heterocycles. The second kappa shape index (κ2) is 7.15. The van der Waals surface area contributed by atoms with Crippen LogP contribution >= 0.6 is 11.3 Å². The molecule has 1 aromatic heterocycles. The van der Waals surface area contributed by atoms with Crippen LogP contribution in [-0.4, -0.2) is 30.7 Å². The molecule has 0 saturated carbocycles. The lowest BCUT2D eigenvalue weighted by molar-refractivity contribution is -0.427. The van der Waals surface area contributed by atoms with Gasteiger partial charge in [0.15, 0.2) is 12.8 Å². The SMILES string of the molecule is COCC1O[CH-][N+](=c2cc[c-]3nc(C([NH3+])CCC#N)sc3c2)C1=O. The lowest BCUT2D eigenvalue weighted by Gasteiger charge is -2.04. The van der Waals surface area contributed by atoms with Crippen LogP contribution in [0.4, 0.5) is 0 Å². The number of hydrogen-bond acceptors (Lipinski definition) is 6. The van der Waals surface area contributed by atoms with Crippen LogP contribution in [0, 0.1) is 18.1 Å². The van der Waals surface area contributed by atoms with Crippen molar-refractivity contribution in [3.63, 3.8) is 0 Å². The number of nitriles is 1. The van der Waals surface area contributed by atoms with Gasteiger partial charge in [0.25, 0.3) is 0 Å². The number of methoxy groups -OCH3 is 1. The standard InChI is InChI=1S/C16H17N4O3S/c1-22-8-13-16(21)20(9-23-13)10-4-5-12-14(7-10)24-15(19-12)11(18)3-2-6-17/h4-5,7,9,11,13H,2-3,8,18H2,1H3/q-1/p+1. The van der Waals surface area contributed by atoms with Gasteiger partial charge >= 0.3 is 5.91 Å². The fourth-order valence-corrected chi connectivity index (χ4v) is 3.52. The molecule has 24 heavy (non-hydrogen) atoms. The molecule has 1 saturated heterocycles. The van der Waals surface area contributed by atoms with Gasteiger partial charge in [-0.3, -0.25) is 9.37 Å². The van der Waals surface area contributed by atoms with Gasteiger partial charge in [-0.2, -0.15) is 16.6 Å². The molecule has 2 atom stereocenters. The normalized spacial score (nSPS) is 20.9. The van der Waals surface area contributed by atoms with Crippen LogP contribution in [-0.2, 0) is 14.3 Å². The number of aromatic nitrogens is 1. The number of nitrogens with zero attached hydrogens (tertiary/aromatic N) is 3. The third kappa shape index (κ3) is 3.20. The van der Waals surface area contributed by atoms with E-state index in [1.807, 2.05) is 18.2 Å². The van der Waals surface area contributed by atoms with Crippen LogP contribution in [0.1, 0.15) is 23.9 Å². The minimum absolute atomic E-state index is 0.0000946. The summed E-state index contributed by atoms with van der Waals surface area (Å²) in [6.45, 7) is 1.65. The van der Waals surface area contributed by atoms with E-state index in [1.165, 1.54) is 18.4 Å². The maximum Gasteiger partial charge on any atom is 0.314 e. The van der Waals surface area contributed by atoms with Crippen LogP contribution in [0.25, 0.3) is 10.2 Å². The van der Waals surface area contributed by atoms with Crippen LogP contribution < -0.4 is 15.7 Å². The van der Waals surface area contributed by atoms with Crippen molar-refractivity contribution in [3.8, 4) is 6.07 Å². The minimum Gasteiger partial charge on any atom is -0.382 e. The molecule has 0 aliphatic carbocycles. The fraction of sp³-hybridized carbons (Fsp3) is 0.375. The molecule has 0 spiro atoms. The number of rotatable bonds is 5. The summed E-state index contributed by atoms with van der Waals surface area (Å²) < 4.78 is 12.8. The van der Waals surface area contributed by atoms with Gasteiger partial charge in [-0.05, 0) is 10.2 Å². The first kappa shape index (κ1) is 16.7. The Morgan fingerprint density at radius 3 is 3.29 bits per heavy atom. The number of carbonyl (C=O) groups is 1. The number of fused-ring (bicyclic) bond motifs is 1. The molecular weight excluding hydrogens is 328 g/mol. The van der Waals surface area contributed by atoms with E-state index in [1.54, 1.807) is 11.3 Å². The Kier molecular flexibility index (Phi) is 4.97. The third-order valence-electron chi connectivity index (χ3n) is 3.78. The third-order valence-corrected chi connectivity index (χ3v) is 4.96. The molecule has 3 rings (SSSR count). The molecule has 2 unspecified atom stereocenters. The van der Waals surface area contributed by atoms with Crippen molar-refractivity contribution in [2.75, 3.05) is 13.7 Å². The van der Waals surface area contributed by atoms with Gasteiger partial charge in [0.1, 0.15) is 6.04 Å². The summed E-state index contributed by atoms with van der Waals surface area (Å²) in [5.41, 5.74) is 4.94. The zero-order valence-corrected chi connectivity index (χ0v) is 14.1. The Balaban J connectivity index is 1.93. The van der Waals surface area contributed by atoms with Crippen LogP contribution in [0.5, 0.6) is 0 Å². The zero-order chi connectivity index (χ0) is 17.1.